The quantitative estimate of drug-likeness (QED) is 0.625. The summed E-state index contributed by atoms with van der Waals surface area (Å²) in [5.74, 6) is -0.0986. The van der Waals surface area contributed by atoms with Gasteiger partial charge in [0, 0.05) is 0 Å². The molecule has 2 N–H and O–H groups in total. The molecule has 10 heteroatoms. The van der Waals surface area contributed by atoms with Crippen LogP contribution in [0.15, 0.2) is 17.9 Å². The molecule has 2 rings (SSSR count). The second kappa shape index (κ2) is 7.61. The maximum atomic E-state index is 11.7. The van der Waals surface area contributed by atoms with E-state index in [0.29, 0.717) is 23.0 Å². The molecule has 2 aromatic rings. The highest BCUT2D eigenvalue weighted by Gasteiger charge is 2.16. The van der Waals surface area contributed by atoms with Gasteiger partial charge in [0.25, 0.3) is 0 Å². The molecule has 0 fully saturated rings. The second-order valence-electron chi connectivity index (χ2n) is 3.79. The molecular formula is C12H13N5O3S2. The molecule has 116 valence electrons. The normalized spacial score (nSPS) is 9.91. The number of nitrogens with zero attached hydrogens (tertiary/aromatic N) is 3. The highest BCUT2D eigenvalue weighted by atomic mass is 32.1. The minimum atomic E-state index is -0.442. The van der Waals surface area contributed by atoms with Gasteiger partial charge in [-0.1, -0.05) is 0 Å². The zero-order valence-electron chi connectivity index (χ0n) is 11.8. The molecule has 2 heterocycles. The minimum Gasteiger partial charge on any atom is -0.467 e. The van der Waals surface area contributed by atoms with E-state index in [2.05, 4.69) is 25.6 Å². The molecule has 0 saturated heterocycles. The molecule has 0 radical (unpaired) electrons. The van der Waals surface area contributed by atoms with Crippen LogP contribution in [-0.2, 0) is 4.74 Å². The van der Waals surface area contributed by atoms with E-state index in [1.54, 1.807) is 6.92 Å². The zero-order chi connectivity index (χ0) is 15.9. The summed E-state index contributed by atoms with van der Waals surface area (Å²) in [5.41, 5.74) is 2.11. The third kappa shape index (κ3) is 4.09. The SMILES string of the molecule is CCOC(=O)c1scnc1NC(=S)Nc1cnc(OC)nc1. The largest absolute Gasteiger partial charge is 0.467 e. The van der Waals surface area contributed by atoms with Crippen molar-refractivity contribution in [3.63, 3.8) is 0 Å². The number of thiocarbonyl (C=S) groups is 1. The third-order valence-corrected chi connectivity index (χ3v) is 3.34. The van der Waals surface area contributed by atoms with Gasteiger partial charge in [-0.05, 0) is 19.1 Å². The second-order valence-corrected chi connectivity index (χ2v) is 5.05. The van der Waals surface area contributed by atoms with E-state index in [-0.39, 0.29) is 11.1 Å². The van der Waals surface area contributed by atoms with Crippen LogP contribution in [0.2, 0.25) is 0 Å². The number of carbonyl (C=O) groups is 1. The van der Waals surface area contributed by atoms with Crippen LogP contribution in [0, 0.1) is 0 Å². The molecule has 0 bridgehead atoms. The number of esters is 1. The standard InChI is InChI=1S/C12H13N5O3S2/c1-3-20-10(18)8-9(15-6-22-8)17-12(21)16-7-4-13-11(19-2)14-5-7/h4-6H,3H2,1-2H3,(H2,16,17,21). The lowest BCUT2D eigenvalue weighted by molar-refractivity contribution is 0.0533. The summed E-state index contributed by atoms with van der Waals surface area (Å²) >= 11 is 6.33. The third-order valence-electron chi connectivity index (χ3n) is 2.33. The van der Waals surface area contributed by atoms with Crippen molar-refractivity contribution in [3.05, 3.63) is 22.8 Å². The molecule has 0 aliphatic heterocycles. The molecule has 0 spiro atoms. The van der Waals surface area contributed by atoms with E-state index in [4.69, 9.17) is 21.7 Å². The maximum Gasteiger partial charge on any atom is 0.352 e. The van der Waals surface area contributed by atoms with Crippen LogP contribution >= 0.6 is 23.6 Å². The molecule has 0 aliphatic rings. The molecule has 0 amide bonds. The first-order chi connectivity index (χ1) is 10.6. The fourth-order valence-electron chi connectivity index (χ4n) is 1.43. The van der Waals surface area contributed by atoms with Crippen LogP contribution in [0.1, 0.15) is 16.6 Å². The molecular weight excluding hydrogens is 326 g/mol. The van der Waals surface area contributed by atoms with Crippen LogP contribution in [0.4, 0.5) is 11.5 Å². The van der Waals surface area contributed by atoms with E-state index >= 15 is 0 Å². The van der Waals surface area contributed by atoms with Gasteiger partial charge in [0.2, 0.25) is 0 Å². The molecule has 0 aliphatic carbocycles. The number of ether oxygens (including phenoxy) is 2. The summed E-state index contributed by atoms with van der Waals surface area (Å²) in [6.45, 7) is 2.03. The predicted molar refractivity (Wildman–Crippen MR) is 86.5 cm³/mol. The van der Waals surface area contributed by atoms with Crippen LogP contribution in [0.3, 0.4) is 0 Å². The van der Waals surface area contributed by atoms with E-state index < -0.39 is 5.97 Å². The van der Waals surface area contributed by atoms with Crippen molar-refractivity contribution in [2.75, 3.05) is 24.4 Å². The van der Waals surface area contributed by atoms with Crippen molar-refractivity contribution >= 4 is 46.1 Å². The Kier molecular flexibility index (Phi) is 5.55. The average Bonchev–Trinajstić information content (AvgIpc) is 2.96. The van der Waals surface area contributed by atoms with Crippen molar-refractivity contribution in [1.82, 2.24) is 15.0 Å². The van der Waals surface area contributed by atoms with Crippen LogP contribution in [0.25, 0.3) is 0 Å². The summed E-state index contributed by atoms with van der Waals surface area (Å²) in [7, 11) is 1.48. The fraction of sp³-hybridized carbons (Fsp3) is 0.250. The van der Waals surface area contributed by atoms with E-state index in [0.717, 1.165) is 0 Å². The number of rotatable bonds is 5. The fourth-order valence-corrected chi connectivity index (χ4v) is 2.28. The van der Waals surface area contributed by atoms with Crippen LogP contribution in [0.5, 0.6) is 6.01 Å². The number of methoxy groups -OCH3 is 1. The van der Waals surface area contributed by atoms with Gasteiger partial charge in [-0.15, -0.1) is 11.3 Å². The number of nitrogens with one attached hydrogen (secondary N) is 2. The smallest absolute Gasteiger partial charge is 0.352 e. The molecule has 0 aromatic carbocycles. The van der Waals surface area contributed by atoms with Gasteiger partial charge in [-0.2, -0.15) is 0 Å². The van der Waals surface area contributed by atoms with Crippen LogP contribution in [-0.4, -0.2) is 39.8 Å². The van der Waals surface area contributed by atoms with Gasteiger partial charge in [-0.25, -0.2) is 19.7 Å². The first-order valence-electron chi connectivity index (χ1n) is 6.18. The van der Waals surface area contributed by atoms with Gasteiger partial charge < -0.3 is 20.1 Å². The molecule has 0 atom stereocenters. The van der Waals surface area contributed by atoms with Gasteiger partial charge >= 0.3 is 12.0 Å². The minimum absolute atomic E-state index is 0.255. The van der Waals surface area contributed by atoms with Crippen molar-refractivity contribution in [1.29, 1.82) is 0 Å². The van der Waals surface area contributed by atoms with Gasteiger partial charge in [0.1, 0.15) is 0 Å². The lowest BCUT2D eigenvalue weighted by atomic mass is 10.5. The Morgan fingerprint density at radius 1 is 1.32 bits per heavy atom. The van der Waals surface area contributed by atoms with E-state index in [1.807, 2.05) is 0 Å². The Balaban J connectivity index is 2.00. The predicted octanol–water partition coefficient (Wildman–Crippen LogP) is 1.93. The number of anilines is 2. The summed E-state index contributed by atoms with van der Waals surface area (Å²) in [6.07, 6.45) is 3.04. The van der Waals surface area contributed by atoms with Crippen molar-refractivity contribution in [3.8, 4) is 6.01 Å². The van der Waals surface area contributed by atoms with Crippen molar-refractivity contribution in [2.24, 2.45) is 0 Å². The van der Waals surface area contributed by atoms with E-state index in [1.165, 1.54) is 36.4 Å². The number of hydrogen-bond acceptors (Lipinski definition) is 8. The van der Waals surface area contributed by atoms with Crippen molar-refractivity contribution in [2.45, 2.75) is 6.92 Å². The number of aromatic nitrogens is 3. The Morgan fingerprint density at radius 2 is 2.05 bits per heavy atom. The average molecular weight is 339 g/mol. The van der Waals surface area contributed by atoms with Gasteiger partial charge in [0.15, 0.2) is 15.8 Å². The van der Waals surface area contributed by atoms with Gasteiger partial charge in [-0.3, -0.25) is 0 Å². The summed E-state index contributed by atoms with van der Waals surface area (Å²) in [5, 5.41) is 5.98. The maximum absolute atomic E-state index is 11.7. The Morgan fingerprint density at radius 3 is 2.68 bits per heavy atom. The summed E-state index contributed by atoms with van der Waals surface area (Å²) in [6, 6.07) is 0.258. The topological polar surface area (TPSA) is 98.3 Å². The highest BCUT2D eigenvalue weighted by molar-refractivity contribution is 7.80. The molecule has 0 saturated carbocycles. The molecule has 2 aromatic heterocycles. The summed E-state index contributed by atoms with van der Waals surface area (Å²) in [4.78, 5) is 24.1. The highest BCUT2D eigenvalue weighted by Crippen LogP contribution is 2.20. The molecule has 0 unspecified atom stereocenters. The van der Waals surface area contributed by atoms with E-state index in [9.17, 15) is 4.79 Å². The number of carbonyl (C=O) groups excluding carboxylic acids is 1. The summed E-state index contributed by atoms with van der Waals surface area (Å²) < 4.78 is 9.81. The number of hydrogen-bond donors (Lipinski definition) is 2. The Bertz CT molecular complexity index is 659. The van der Waals surface area contributed by atoms with Gasteiger partial charge in [0.05, 0.1) is 37.3 Å². The first kappa shape index (κ1) is 16.0. The molecule has 8 nitrogen and oxygen atoms in total. The zero-order valence-corrected chi connectivity index (χ0v) is 13.5. The monoisotopic (exact) mass is 339 g/mol. The lowest BCUT2D eigenvalue weighted by Crippen LogP contribution is -2.21. The number of thiazole rings is 1. The Labute approximate surface area is 135 Å². The first-order valence-corrected chi connectivity index (χ1v) is 7.47. The lowest BCUT2D eigenvalue weighted by Gasteiger charge is -2.09. The van der Waals surface area contributed by atoms with Crippen LogP contribution < -0.4 is 15.4 Å². The Hall–Kier alpha value is -2.33. The van der Waals surface area contributed by atoms with Crippen molar-refractivity contribution < 1.29 is 14.3 Å². The molecule has 22 heavy (non-hydrogen) atoms.